The molecular weight excluding hydrogens is 469 g/mol. The van der Waals surface area contributed by atoms with Gasteiger partial charge in [0, 0.05) is 5.02 Å². The summed E-state index contributed by atoms with van der Waals surface area (Å²) < 4.78 is 28.4. The number of carbonyl (C=O) groups is 1. The minimum atomic E-state index is -4.86. The molecule has 13 nitrogen and oxygen atoms in total. The van der Waals surface area contributed by atoms with Gasteiger partial charge in [0.1, 0.15) is 30.2 Å². The van der Waals surface area contributed by atoms with Crippen LogP contribution < -0.4 is 5.73 Å². The number of halogens is 1. The van der Waals surface area contributed by atoms with Gasteiger partial charge in [-0.1, -0.05) is 11.6 Å². The number of nitrogen functional groups attached to an aromatic ring is 1. The van der Waals surface area contributed by atoms with Gasteiger partial charge in [-0.15, -0.1) is 0 Å². The van der Waals surface area contributed by atoms with Crippen LogP contribution in [0.1, 0.15) is 16.6 Å². The fourth-order valence-corrected chi connectivity index (χ4v) is 3.92. The first-order valence-corrected chi connectivity index (χ1v) is 10.9. The fraction of sp³-hybridized carbons (Fsp3) is 0.294. The lowest BCUT2D eigenvalue weighted by Gasteiger charge is -2.17. The molecule has 1 saturated heterocycles. The van der Waals surface area contributed by atoms with E-state index in [0.717, 1.165) is 0 Å². The van der Waals surface area contributed by atoms with Crippen LogP contribution in [-0.2, 0) is 18.3 Å². The Morgan fingerprint density at radius 2 is 1.94 bits per heavy atom. The third kappa shape index (κ3) is 4.45. The molecule has 5 atom stereocenters. The van der Waals surface area contributed by atoms with E-state index in [1.54, 1.807) is 0 Å². The van der Waals surface area contributed by atoms with Crippen LogP contribution in [0, 0.1) is 0 Å². The van der Waals surface area contributed by atoms with Gasteiger partial charge >= 0.3 is 13.8 Å². The van der Waals surface area contributed by atoms with Crippen LogP contribution in [0.15, 0.2) is 36.9 Å². The van der Waals surface area contributed by atoms with Crippen LogP contribution >= 0.6 is 19.4 Å². The molecule has 3 aromatic rings. The number of aliphatic hydroxyl groups is 2. The van der Waals surface area contributed by atoms with Gasteiger partial charge in [-0.25, -0.2) is 24.3 Å². The molecule has 0 radical (unpaired) electrons. The number of nitrogens with zero attached hydrogens (tertiary/aromatic N) is 4. The molecule has 32 heavy (non-hydrogen) atoms. The summed E-state index contributed by atoms with van der Waals surface area (Å²) in [4.78, 5) is 33.8. The van der Waals surface area contributed by atoms with Crippen molar-refractivity contribution in [3.05, 3.63) is 47.5 Å². The second kappa shape index (κ2) is 8.71. The number of benzene rings is 1. The minimum absolute atomic E-state index is 0.0202. The topological polar surface area (TPSA) is 192 Å². The van der Waals surface area contributed by atoms with Gasteiger partial charge in [-0.2, -0.15) is 0 Å². The number of hydrogen-bond acceptors (Lipinski definition) is 11. The fourth-order valence-electron chi connectivity index (χ4n) is 3.09. The third-order valence-electron chi connectivity index (χ3n) is 4.68. The van der Waals surface area contributed by atoms with Gasteiger partial charge < -0.3 is 25.2 Å². The van der Waals surface area contributed by atoms with Crippen molar-refractivity contribution in [2.75, 3.05) is 12.3 Å². The van der Waals surface area contributed by atoms with Crippen LogP contribution in [0.2, 0.25) is 5.02 Å². The van der Waals surface area contributed by atoms with Crippen molar-refractivity contribution in [2.24, 2.45) is 0 Å². The molecule has 15 heteroatoms. The van der Waals surface area contributed by atoms with E-state index in [1.165, 1.54) is 41.5 Å². The summed E-state index contributed by atoms with van der Waals surface area (Å²) in [7, 11) is -4.86. The van der Waals surface area contributed by atoms with E-state index in [-0.39, 0.29) is 22.5 Å². The van der Waals surface area contributed by atoms with E-state index in [1.807, 2.05) is 0 Å². The molecule has 5 N–H and O–H groups in total. The number of anilines is 1. The van der Waals surface area contributed by atoms with Gasteiger partial charge in [0.05, 0.1) is 18.5 Å². The maximum Gasteiger partial charge on any atom is 0.529 e. The van der Waals surface area contributed by atoms with E-state index in [0.29, 0.717) is 5.02 Å². The van der Waals surface area contributed by atoms with Crippen molar-refractivity contribution in [3.63, 3.8) is 0 Å². The van der Waals surface area contributed by atoms with Crippen molar-refractivity contribution < 1.29 is 38.3 Å². The zero-order valence-electron chi connectivity index (χ0n) is 16.1. The monoisotopic (exact) mass is 485 g/mol. The molecule has 0 saturated carbocycles. The van der Waals surface area contributed by atoms with Crippen LogP contribution in [0.4, 0.5) is 5.82 Å². The molecule has 1 aromatic carbocycles. The SMILES string of the molecule is Nc1ncnc2c1ncn2[C@@H]1O[C@H](COP(=O)(O)OC(=O)c2ccc(Cl)cc2)[C@@H](O)[C@H]1O. The maximum absolute atomic E-state index is 12.2. The standard InChI is InChI=1S/C17H17ClN5O8P/c18-9-3-1-8(2-4-9)17(26)31-32(27,28)29-5-10-12(24)13(25)16(30-10)23-7-22-11-14(19)20-6-21-15(11)23/h1-4,6-7,10,12-13,16,24-25H,5H2,(H,27,28)(H2,19,20,21)/t10-,12-,13-,16-/m1/s1. The lowest BCUT2D eigenvalue weighted by molar-refractivity contribution is -0.0508. The van der Waals surface area contributed by atoms with Crippen molar-refractivity contribution in [2.45, 2.75) is 24.5 Å². The Kier molecular flexibility index (Phi) is 6.14. The molecule has 170 valence electrons. The predicted molar refractivity (Wildman–Crippen MR) is 108 cm³/mol. The number of hydrogen-bond donors (Lipinski definition) is 4. The van der Waals surface area contributed by atoms with Crippen LogP contribution in [0.25, 0.3) is 11.2 Å². The second-order valence-electron chi connectivity index (χ2n) is 6.78. The number of aliphatic hydroxyl groups excluding tert-OH is 2. The van der Waals surface area contributed by atoms with Gasteiger partial charge in [0.15, 0.2) is 17.7 Å². The highest BCUT2D eigenvalue weighted by atomic mass is 35.5. The Morgan fingerprint density at radius 1 is 1.22 bits per heavy atom. The summed E-state index contributed by atoms with van der Waals surface area (Å²) in [6.07, 6.45) is -2.83. The first-order chi connectivity index (χ1) is 15.2. The first-order valence-electron chi connectivity index (χ1n) is 9.08. The zero-order valence-corrected chi connectivity index (χ0v) is 17.7. The highest BCUT2D eigenvalue weighted by Crippen LogP contribution is 2.45. The number of imidazole rings is 1. The lowest BCUT2D eigenvalue weighted by atomic mass is 10.1. The number of ether oxygens (including phenoxy) is 1. The van der Waals surface area contributed by atoms with Crippen molar-refractivity contribution >= 4 is 42.4 Å². The number of rotatable bonds is 6. The molecule has 1 aliphatic rings. The molecule has 4 rings (SSSR count). The van der Waals surface area contributed by atoms with E-state index in [2.05, 4.69) is 19.5 Å². The summed E-state index contributed by atoms with van der Waals surface area (Å²) in [6, 6.07) is 5.43. The second-order valence-corrected chi connectivity index (χ2v) is 8.59. The predicted octanol–water partition coefficient (Wildman–Crippen LogP) is 0.655. The molecule has 1 fully saturated rings. The highest BCUT2D eigenvalue weighted by molar-refractivity contribution is 7.48. The molecular formula is C17H17ClN5O8P. The number of phosphoric acid groups is 1. The Balaban J connectivity index is 1.42. The number of phosphoric ester groups is 1. The normalized spacial score (nSPS) is 25.0. The van der Waals surface area contributed by atoms with Gasteiger partial charge in [-0.05, 0) is 24.3 Å². The summed E-state index contributed by atoms with van der Waals surface area (Å²) in [5, 5.41) is 21.1. The van der Waals surface area contributed by atoms with E-state index in [4.69, 9.17) is 26.6 Å². The average molecular weight is 486 g/mol. The van der Waals surface area contributed by atoms with E-state index < -0.39 is 44.9 Å². The Labute approximate surface area is 185 Å². The minimum Gasteiger partial charge on any atom is -0.387 e. The summed E-state index contributed by atoms with van der Waals surface area (Å²) in [5.41, 5.74) is 6.24. The summed E-state index contributed by atoms with van der Waals surface area (Å²) in [5.74, 6) is -0.995. The molecule has 1 aliphatic heterocycles. The summed E-state index contributed by atoms with van der Waals surface area (Å²) >= 11 is 5.73. The number of carbonyl (C=O) groups excluding carboxylic acids is 1. The molecule has 3 heterocycles. The van der Waals surface area contributed by atoms with Crippen molar-refractivity contribution in [1.82, 2.24) is 19.5 Å². The quantitative estimate of drug-likeness (QED) is 0.357. The number of nitrogens with two attached hydrogens (primary N) is 1. The van der Waals surface area contributed by atoms with Gasteiger partial charge in [0.25, 0.3) is 0 Å². The van der Waals surface area contributed by atoms with Gasteiger partial charge in [0.2, 0.25) is 0 Å². The smallest absolute Gasteiger partial charge is 0.387 e. The Morgan fingerprint density at radius 3 is 2.66 bits per heavy atom. The van der Waals surface area contributed by atoms with Crippen LogP contribution in [-0.4, -0.2) is 65.5 Å². The number of aromatic nitrogens is 4. The van der Waals surface area contributed by atoms with E-state index in [9.17, 15) is 24.5 Å². The molecule has 0 spiro atoms. The molecule has 2 aromatic heterocycles. The Bertz CT molecular complexity index is 1190. The molecule has 1 unspecified atom stereocenters. The molecule has 0 amide bonds. The largest absolute Gasteiger partial charge is 0.529 e. The third-order valence-corrected chi connectivity index (χ3v) is 5.80. The van der Waals surface area contributed by atoms with Gasteiger partial charge in [-0.3, -0.25) is 14.0 Å². The molecule has 0 bridgehead atoms. The maximum atomic E-state index is 12.2. The van der Waals surface area contributed by atoms with Crippen LogP contribution in [0.5, 0.6) is 0 Å². The van der Waals surface area contributed by atoms with Crippen molar-refractivity contribution in [3.8, 4) is 0 Å². The highest BCUT2D eigenvalue weighted by Gasteiger charge is 2.45. The van der Waals surface area contributed by atoms with Crippen molar-refractivity contribution in [1.29, 1.82) is 0 Å². The average Bonchev–Trinajstić information content (AvgIpc) is 3.29. The van der Waals surface area contributed by atoms with Crippen LogP contribution in [0.3, 0.4) is 0 Å². The number of fused-ring (bicyclic) bond motifs is 1. The zero-order chi connectivity index (χ0) is 23.0. The molecule has 0 aliphatic carbocycles. The Hall–Kier alpha value is -2.64. The van der Waals surface area contributed by atoms with E-state index >= 15 is 0 Å². The summed E-state index contributed by atoms with van der Waals surface area (Å²) in [6.45, 7) is -0.667. The first kappa shape index (κ1) is 22.6. The lowest BCUT2D eigenvalue weighted by Crippen LogP contribution is -2.33.